The summed E-state index contributed by atoms with van der Waals surface area (Å²) in [6.07, 6.45) is 3.39. The number of nitrogens with zero attached hydrogens (tertiary/aromatic N) is 3. The highest BCUT2D eigenvalue weighted by Crippen LogP contribution is 2.63. The number of rotatable bonds is 3. The molecule has 194 valence electrons. The monoisotopic (exact) mass is 514 g/mol. The van der Waals surface area contributed by atoms with Crippen molar-refractivity contribution in [2.45, 2.75) is 61.9 Å². The summed E-state index contributed by atoms with van der Waals surface area (Å²) in [7, 11) is 1.37. The summed E-state index contributed by atoms with van der Waals surface area (Å²) in [4.78, 5) is 10.7. The van der Waals surface area contributed by atoms with Gasteiger partial charge in [0.25, 0.3) is 5.92 Å². The molecule has 10 heteroatoms. The number of anilines is 1. The number of aromatic hydroxyl groups is 1. The second kappa shape index (κ2) is 7.69. The summed E-state index contributed by atoms with van der Waals surface area (Å²) in [5.74, 6) is -5.15. The summed E-state index contributed by atoms with van der Waals surface area (Å²) in [6, 6.07) is 3.88. The second-order valence-electron chi connectivity index (χ2n) is 11.0. The Bertz CT molecular complexity index is 1450. The van der Waals surface area contributed by atoms with Crippen molar-refractivity contribution >= 4 is 16.7 Å². The summed E-state index contributed by atoms with van der Waals surface area (Å²) in [6.45, 7) is 1.27. The summed E-state index contributed by atoms with van der Waals surface area (Å²) >= 11 is 0. The van der Waals surface area contributed by atoms with Crippen molar-refractivity contribution in [3.05, 3.63) is 41.0 Å². The number of fused-ring (bicyclic) bond motifs is 5. The number of halogens is 4. The predicted molar refractivity (Wildman–Crippen MR) is 129 cm³/mol. The van der Waals surface area contributed by atoms with Gasteiger partial charge in [-0.1, -0.05) is 6.42 Å². The van der Waals surface area contributed by atoms with Crippen molar-refractivity contribution in [3.63, 3.8) is 0 Å². The predicted octanol–water partition coefficient (Wildman–Crippen LogP) is 5.15. The summed E-state index contributed by atoms with van der Waals surface area (Å²) in [5.41, 5.74) is -1.62. The van der Waals surface area contributed by atoms with Crippen LogP contribution in [0.1, 0.15) is 49.7 Å². The topological polar surface area (TPSA) is 70.5 Å². The average molecular weight is 515 g/mol. The fraction of sp³-hybridized carbons (Fsp3) is 0.481. The molecule has 2 saturated heterocycles. The minimum Gasteiger partial charge on any atom is -0.508 e. The van der Waals surface area contributed by atoms with Crippen LogP contribution in [0.15, 0.2) is 18.2 Å². The lowest BCUT2D eigenvalue weighted by molar-refractivity contribution is -0.0286. The third-order valence-corrected chi connectivity index (χ3v) is 8.73. The van der Waals surface area contributed by atoms with Gasteiger partial charge in [0.1, 0.15) is 22.9 Å². The molecule has 1 spiro atoms. The van der Waals surface area contributed by atoms with E-state index in [2.05, 4.69) is 15.3 Å². The molecule has 2 aliphatic heterocycles. The lowest BCUT2D eigenvalue weighted by Gasteiger charge is -2.40. The molecule has 2 aromatic carbocycles. The number of piperazine rings is 1. The number of phenolic OH excluding ortho intramolecular Hbond substituents is 1. The SMILES string of the molecule is COc1nc(N2CC3CCC(C2)N3)c2cc(F)c(-c3cc(O)cc4c3C3(CCC3)CC4(F)F)c(F)c2n1. The van der Waals surface area contributed by atoms with Crippen molar-refractivity contribution < 1.29 is 27.4 Å². The van der Waals surface area contributed by atoms with Crippen LogP contribution in [0, 0.1) is 11.6 Å². The van der Waals surface area contributed by atoms with E-state index in [-0.39, 0.29) is 45.7 Å². The van der Waals surface area contributed by atoms with Crippen LogP contribution >= 0.6 is 0 Å². The van der Waals surface area contributed by atoms with Crippen LogP contribution < -0.4 is 15.0 Å². The van der Waals surface area contributed by atoms with Crippen LogP contribution in [0.2, 0.25) is 0 Å². The molecule has 2 unspecified atom stereocenters. The average Bonchev–Trinajstić information content (AvgIpc) is 3.30. The number of alkyl halides is 2. The Kier molecular flexibility index (Phi) is 4.78. The van der Waals surface area contributed by atoms with Gasteiger partial charge in [-0.3, -0.25) is 0 Å². The van der Waals surface area contributed by atoms with E-state index in [9.17, 15) is 5.11 Å². The van der Waals surface area contributed by atoms with E-state index < -0.39 is 40.7 Å². The maximum atomic E-state index is 16.3. The summed E-state index contributed by atoms with van der Waals surface area (Å²) < 4.78 is 67.6. The maximum absolute atomic E-state index is 16.3. The van der Waals surface area contributed by atoms with Gasteiger partial charge in [-0.25, -0.2) is 17.6 Å². The Morgan fingerprint density at radius 1 is 1.08 bits per heavy atom. The molecule has 3 aromatic rings. The minimum absolute atomic E-state index is 0.0388. The van der Waals surface area contributed by atoms with Gasteiger partial charge in [0.05, 0.1) is 12.7 Å². The molecule has 2 aliphatic carbocycles. The second-order valence-corrected chi connectivity index (χ2v) is 11.0. The zero-order chi connectivity index (χ0) is 25.7. The van der Waals surface area contributed by atoms with Crippen molar-refractivity contribution in [1.29, 1.82) is 0 Å². The molecule has 2 N–H and O–H groups in total. The van der Waals surface area contributed by atoms with E-state index in [1.54, 1.807) is 0 Å². The molecule has 3 fully saturated rings. The van der Waals surface area contributed by atoms with Crippen LogP contribution in [0.3, 0.4) is 0 Å². The smallest absolute Gasteiger partial charge is 0.318 e. The van der Waals surface area contributed by atoms with Crippen LogP contribution in [-0.2, 0) is 11.3 Å². The molecule has 2 bridgehead atoms. The first kappa shape index (κ1) is 23.0. The molecule has 3 heterocycles. The Morgan fingerprint density at radius 2 is 1.81 bits per heavy atom. The van der Waals surface area contributed by atoms with E-state index in [1.165, 1.54) is 19.2 Å². The first-order chi connectivity index (χ1) is 17.7. The molecular formula is C27H26F4N4O2. The standard InChI is InChI=1S/C27H26F4N4O2/c1-37-25-33-23-17(24(34-25)35-10-13-3-4-14(11-35)32-13)9-19(28)20(22(23)29)16-7-15(36)8-18-21(16)26(5-2-6-26)12-27(18,30)31/h7-9,13-14,32,36H,2-6,10-12H2,1H3. The molecule has 37 heavy (non-hydrogen) atoms. The third kappa shape index (κ3) is 3.27. The highest BCUT2D eigenvalue weighted by molar-refractivity contribution is 5.94. The van der Waals surface area contributed by atoms with Gasteiger partial charge < -0.3 is 20.1 Å². The molecule has 6 nitrogen and oxygen atoms in total. The minimum atomic E-state index is -3.19. The van der Waals surface area contributed by atoms with E-state index in [0.717, 1.165) is 25.3 Å². The van der Waals surface area contributed by atoms with Gasteiger partial charge in [-0.05, 0) is 55.0 Å². The van der Waals surface area contributed by atoms with E-state index >= 15 is 17.6 Å². The van der Waals surface area contributed by atoms with E-state index in [1.807, 2.05) is 4.90 Å². The van der Waals surface area contributed by atoms with Crippen molar-refractivity contribution in [2.75, 3.05) is 25.1 Å². The molecule has 1 aromatic heterocycles. The zero-order valence-corrected chi connectivity index (χ0v) is 20.3. The number of hydrogen-bond acceptors (Lipinski definition) is 6. The third-order valence-electron chi connectivity index (χ3n) is 8.73. The number of nitrogens with one attached hydrogen (secondary N) is 1. The first-order valence-electron chi connectivity index (χ1n) is 12.7. The van der Waals surface area contributed by atoms with Crippen LogP contribution in [-0.4, -0.2) is 47.4 Å². The van der Waals surface area contributed by atoms with Crippen molar-refractivity contribution in [1.82, 2.24) is 15.3 Å². The van der Waals surface area contributed by atoms with Crippen molar-refractivity contribution in [3.8, 4) is 22.9 Å². The highest BCUT2D eigenvalue weighted by atomic mass is 19.3. The molecule has 4 aliphatic rings. The molecular weight excluding hydrogens is 488 g/mol. The highest BCUT2D eigenvalue weighted by Gasteiger charge is 2.57. The van der Waals surface area contributed by atoms with Gasteiger partial charge in [-0.2, -0.15) is 9.97 Å². The molecule has 7 rings (SSSR count). The van der Waals surface area contributed by atoms with Gasteiger partial charge in [0.15, 0.2) is 5.82 Å². The summed E-state index contributed by atoms with van der Waals surface area (Å²) in [5, 5.41) is 14.1. The van der Waals surface area contributed by atoms with Crippen LogP contribution in [0.4, 0.5) is 23.4 Å². The fourth-order valence-corrected chi connectivity index (χ4v) is 7.03. The largest absolute Gasteiger partial charge is 0.508 e. The number of benzene rings is 2. The van der Waals surface area contributed by atoms with E-state index in [0.29, 0.717) is 31.7 Å². The zero-order valence-electron chi connectivity index (χ0n) is 20.3. The number of hydrogen-bond donors (Lipinski definition) is 2. The van der Waals surface area contributed by atoms with Crippen LogP contribution in [0.5, 0.6) is 11.8 Å². The molecule has 0 amide bonds. The quantitative estimate of drug-likeness (QED) is 0.472. The fourth-order valence-electron chi connectivity index (χ4n) is 7.03. The lowest BCUT2D eigenvalue weighted by atomic mass is 9.63. The lowest BCUT2D eigenvalue weighted by Crippen LogP contribution is -2.51. The number of methoxy groups -OCH3 is 1. The first-order valence-corrected chi connectivity index (χ1v) is 12.7. The molecule has 2 atom stereocenters. The number of aromatic nitrogens is 2. The normalized spacial score (nSPS) is 24.9. The molecule has 0 radical (unpaired) electrons. The van der Waals surface area contributed by atoms with Crippen LogP contribution in [0.25, 0.3) is 22.0 Å². The van der Waals surface area contributed by atoms with Gasteiger partial charge >= 0.3 is 6.01 Å². The number of phenols is 1. The van der Waals surface area contributed by atoms with Gasteiger partial charge in [0, 0.05) is 48.0 Å². The Balaban J connectivity index is 1.46. The Hall–Kier alpha value is -3.14. The number of ether oxygens (including phenoxy) is 1. The maximum Gasteiger partial charge on any atom is 0.318 e. The van der Waals surface area contributed by atoms with Gasteiger partial charge in [-0.15, -0.1) is 0 Å². The molecule has 1 saturated carbocycles. The van der Waals surface area contributed by atoms with E-state index in [4.69, 9.17) is 4.74 Å². The Labute approximate surface area is 210 Å². The van der Waals surface area contributed by atoms with Crippen molar-refractivity contribution in [2.24, 2.45) is 0 Å². The van der Waals surface area contributed by atoms with Gasteiger partial charge in [0.2, 0.25) is 0 Å². The Morgan fingerprint density at radius 3 is 2.46 bits per heavy atom.